The van der Waals surface area contributed by atoms with Gasteiger partial charge in [-0.3, -0.25) is 0 Å². The summed E-state index contributed by atoms with van der Waals surface area (Å²) in [5.41, 5.74) is 4.88. The molecule has 0 aromatic carbocycles. The van der Waals surface area contributed by atoms with Crippen molar-refractivity contribution in [2.24, 2.45) is 5.73 Å². The fraction of sp³-hybridized carbons (Fsp3) is 0.400. The van der Waals surface area contributed by atoms with E-state index in [1.165, 1.54) is 0 Å². The van der Waals surface area contributed by atoms with E-state index in [0.29, 0.717) is 0 Å². The van der Waals surface area contributed by atoms with Gasteiger partial charge in [0.15, 0.2) is 0 Å². The molecule has 4 heteroatoms. The molecule has 0 aliphatic carbocycles. The topological polar surface area (TPSA) is 55.1 Å². The number of amides is 2. The van der Waals surface area contributed by atoms with E-state index in [1.807, 2.05) is 11.5 Å². The minimum Gasteiger partial charge on any atom is -0.352 e. The van der Waals surface area contributed by atoms with Gasteiger partial charge >= 0.3 is 6.03 Å². The summed E-state index contributed by atoms with van der Waals surface area (Å²) in [6.07, 6.45) is 1.93. The smallest absolute Gasteiger partial charge is 0.312 e. The predicted molar refractivity (Wildman–Crippen MR) is 38.1 cm³/mol. The van der Waals surface area contributed by atoms with Crippen LogP contribution in [0.3, 0.4) is 0 Å². The van der Waals surface area contributed by atoms with Gasteiger partial charge in [-0.2, -0.15) is 0 Å². The lowest BCUT2D eigenvalue weighted by Gasteiger charge is -2.05. The lowest BCUT2D eigenvalue weighted by atomic mass is 10.3. The number of hydrogen-bond donors (Lipinski definition) is 2. The third-order valence-electron chi connectivity index (χ3n) is 1.01. The van der Waals surface area contributed by atoms with Crippen LogP contribution in [0, 0.1) is 0 Å². The van der Waals surface area contributed by atoms with Gasteiger partial charge in [0.2, 0.25) is 0 Å². The number of hydrogen-bond acceptors (Lipinski definition) is 2. The third kappa shape index (κ3) is 1.97. The van der Waals surface area contributed by atoms with Crippen molar-refractivity contribution in [2.75, 3.05) is 5.75 Å². The molecular formula is C5H8N2OS. The van der Waals surface area contributed by atoms with Crippen LogP contribution in [0.15, 0.2) is 11.5 Å². The van der Waals surface area contributed by atoms with Crippen molar-refractivity contribution in [3.05, 3.63) is 11.5 Å². The van der Waals surface area contributed by atoms with Crippen molar-refractivity contribution in [3.63, 3.8) is 0 Å². The summed E-state index contributed by atoms with van der Waals surface area (Å²) in [6.45, 7) is 0. The van der Waals surface area contributed by atoms with E-state index in [0.717, 1.165) is 5.75 Å². The van der Waals surface area contributed by atoms with Gasteiger partial charge in [0.25, 0.3) is 0 Å². The van der Waals surface area contributed by atoms with Gasteiger partial charge in [-0.15, -0.1) is 11.8 Å². The van der Waals surface area contributed by atoms with Gasteiger partial charge < -0.3 is 11.1 Å². The Morgan fingerprint density at radius 1 is 1.89 bits per heavy atom. The summed E-state index contributed by atoms with van der Waals surface area (Å²) in [4.78, 5) is 10.2. The van der Waals surface area contributed by atoms with Crippen LogP contribution >= 0.6 is 11.8 Å². The number of primary amides is 1. The van der Waals surface area contributed by atoms with Crippen LogP contribution in [0.2, 0.25) is 0 Å². The molecule has 0 spiro atoms. The second-order valence-electron chi connectivity index (χ2n) is 1.78. The monoisotopic (exact) mass is 144 g/mol. The summed E-state index contributed by atoms with van der Waals surface area (Å²) < 4.78 is 0. The Labute approximate surface area is 57.7 Å². The maximum absolute atomic E-state index is 10.2. The van der Waals surface area contributed by atoms with Gasteiger partial charge in [0.1, 0.15) is 0 Å². The maximum Gasteiger partial charge on any atom is 0.312 e. The van der Waals surface area contributed by atoms with Crippen LogP contribution in [-0.4, -0.2) is 17.8 Å². The third-order valence-corrected chi connectivity index (χ3v) is 1.91. The van der Waals surface area contributed by atoms with E-state index in [9.17, 15) is 4.79 Å². The summed E-state index contributed by atoms with van der Waals surface area (Å²) in [5, 5.41) is 4.53. The molecule has 0 aromatic heterocycles. The van der Waals surface area contributed by atoms with Gasteiger partial charge in [-0.25, -0.2) is 4.79 Å². The first-order chi connectivity index (χ1) is 4.29. The van der Waals surface area contributed by atoms with E-state index in [1.54, 1.807) is 11.8 Å². The average Bonchev–Trinajstić information content (AvgIpc) is 2.15. The standard InChI is InChI=1S/C5H8N2OS/c6-5(8)7-4-1-2-9-3-4/h1-2,4H,3H2,(H3,6,7,8). The van der Waals surface area contributed by atoms with E-state index < -0.39 is 6.03 Å². The molecule has 0 fully saturated rings. The average molecular weight is 144 g/mol. The van der Waals surface area contributed by atoms with Crippen molar-refractivity contribution in [3.8, 4) is 0 Å². The first kappa shape index (κ1) is 6.48. The summed E-state index contributed by atoms with van der Waals surface area (Å²) in [7, 11) is 0. The Balaban J connectivity index is 2.28. The minimum atomic E-state index is -0.452. The first-order valence-corrected chi connectivity index (χ1v) is 3.68. The number of nitrogens with one attached hydrogen (secondary N) is 1. The highest BCUT2D eigenvalue weighted by Crippen LogP contribution is 2.13. The zero-order chi connectivity index (χ0) is 6.69. The van der Waals surface area contributed by atoms with Crippen LogP contribution in [0.1, 0.15) is 0 Å². The van der Waals surface area contributed by atoms with Gasteiger partial charge in [0.05, 0.1) is 6.04 Å². The van der Waals surface area contributed by atoms with Crippen molar-refractivity contribution < 1.29 is 4.79 Å². The SMILES string of the molecule is NC(=O)NC1C=CSC1. The molecule has 1 unspecified atom stereocenters. The number of carbonyl (C=O) groups is 1. The van der Waals surface area contributed by atoms with Crippen molar-refractivity contribution in [1.29, 1.82) is 0 Å². The Morgan fingerprint density at radius 2 is 2.67 bits per heavy atom. The fourth-order valence-corrected chi connectivity index (χ4v) is 1.45. The Hall–Kier alpha value is -0.640. The Kier molecular flexibility index (Phi) is 2.00. The fourth-order valence-electron chi connectivity index (χ4n) is 0.638. The normalized spacial score (nSPS) is 24.2. The summed E-state index contributed by atoms with van der Waals surface area (Å²) >= 11 is 1.67. The Morgan fingerprint density at radius 3 is 3.11 bits per heavy atom. The quantitative estimate of drug-likeness (QED) is 0.555. The van der Waals surface area contributed by atoms with Crippen molar-refractivity contribution in [1.82, 2.24) is 5.32 Å². The van der Waals surface area contributed by atoms with Crippen LogP contribution < -0.4 is 11.1 Å². The molecule has 1 atom stereocenters. The number of carbonyl (C=O) groups excluding carboxylic acids is 1. The molecule has 0 radical (unpaired) electrons. The van der Waals surface area contributed by atoms with E-state index in [2.05, 4.69) is 5.32 Å². The molecule has 0 aromatic rings. The molecular weight excluding hydrogens is 136 g/mol. The lowest BCUT2D eigenvalue weighted by Crippen LogP contribution is -2.37. The van der Waals surface area contributed by atoms with Crippen LogP contribution in [0.5, 0.6) is 0 Å². The second kappa shape index (κ2) is 2.77. The summed E-state index contributed by atoms with van der Waals surface area (Å²) in [6, 6.07) is -0.306. The van der Waals surface area contributed by atoms with E-state index in [4.69, 9.17) is 5.73 Å². The van der Waals surface area contributed by atoms with Gasteiger partial charge in [-0.05, 0) is 5.41 Å². The molecule has 1 rings (SSSR count). The molecule has 0 saturated carbocycles. The first-order valence-electron chi connectivity index (χ1n) is 2.63. The highest BCUT2D eigenvalue weighted by atomic mass is 32.2. The van der Waals surface area contributed by atoms with Crippen LogP contribution in [0.4, 0.5) is 4.79 Å². The van der Waals surface area contributed by atoms with Crippen molar-refractivity contribution >= 4 is 17.8 Å². The molecule has 1 heterocycles. The molecule has 1 aliphatic rings. The van der Waals surface area contributed by atoms with Crippen molar-refractivity contribution in [2.45, 2.75) is 6.04 Å². The Bertz CT molecular complexity index is 146. The van der Waals surface area contributed by atoms with Crippen LogP contribution in [0.25, 0.3) is 0 Å². The lowest BCUT2D eigenvalue weighted by molar-refractivity contribution is 0.248. The number of urea groups is 1. The molecule has 3 nitrogen and oxygen atoms in total. The molecule has 2 amide bonds. The largest absolute Gasteiger partial charge is 0.352 e. The van der Waals surface area contributed by atoms with Crippen LogP contribution in [-0.2, 0) is 0 Å². The highest BCUT2D eigenvalue weighted by Gasteiger charge is 2.09. The second-order valence-corrected chi connectivity index (χ2v) is 2.72. The van der Waals surface area contributed by atoms with E-state index in [-0.39, 0.29) is 6.04 Å². The summed E-state index contributed by atoms with van der Waals surface area (Å²) in [5.74, 6) is 0.906. The highest BCUT2D eigenvalue weighted by molar-refractivity contribution is 8.02. The maximum atomic E-state index is 10.2. The minimum absolute atomic E-state index is 0.146. The predicted octanol–water partition coefficient (Wildman–Crippen LogP) is 0.284. The van der Waals surface area contributed by atoms with Gasteiger partial charge in [-0.1, -0.05) is 6.08 Å². The molecule has 3 N–H and O–H groups in total. The molecule has 0 saturated heterocycles. The van der Waals surface area contributed by atoms with E-state index >= 15 is 0 Å². The molecule has 0 bridgehead atoms. The molecule has 1 aliphatic heterocycles. The number of thioether (sulfide) groups is 1. The zero-order valence-corrected chi connectivity index (χ0v) is 5.65. The zero-order valence-electron chi connectivity index (χ0n) is 4.83. The number of rotatable bonds is 1. The molecule has 50 valence electrons. The van der Waals surface area contributed by atoms with Gasteiger partial charge in [0, 0.05) is 5.75 Å². The molecule has 9 heavy (non-hydrogen) atoms. The number of nitrogens with two attached hydrogens (primary N) is 1.